The third-order valence-electron chi connectivity index (χ3n) is 4.34. The van der Waals surface area contributed by atoms with Crippen LogP contribution in [0.4, 0.5) is 8.78 Å². The molecule has 0 saturated carbocycles. The topological polar surface area (TPSA) is 76.0 Å². The average Bonchev–Trinajstić information content (AvgIpc) is 3.09. The molecule has 5 nitrogen and oxygen atoms in total. The number of aliphatic imine (C=N–C) groups is 1. The number of rotatable bonds is 6. The second-order valence-electron chi connectivity index (χ2n) is 6.29. The Bertz CT molecular complexity index is 1040. The number of nitriles is 1. The van der Waals surface area contributed by atoms with Crippen molar-refractivity contribution >= 4 is 40.8 Å². The summed E-state index contributed by atoms with van der Waals surface area (Å²) in [5, 5.41) is 16.3. The second kappa shape index (κ2) is 10.8. The van der Waals surface area contributed by atoms with Crippen LogP contribution < -0.4 is 10.6 Å². The highest BCUT2D eigenvalue weighted by atomic mass is 127. The Morgan fingerprint density at radius 3 is 2.72 bits per heavy atom. The number of benzene rings is 2. The molecule has 3 N–H and O–H groups in total. The van der Waals surface area contributed by atoms with E-state index >= 15 is 0 Å². The zero-order chi connectivity index (χ0) is 19.9. The highest BCUT2D eigenvalue weighted by Gasteiger charge is 2.07. The van der Waals surface area contributed by atoms with Crippen molar-refractivity contribution in [3.05, 3.63) is 70.9 Å². The van der Waals surface area contributed by atoms with E-state index in [0.29, 0.717) is 36.6 Å². The first-order valence-corrected chi connectivity index (χ1v) is 9.07. The molecule has 0 fully saturated rings. The lowest BCUT2D eigenvalue weighted by molar-refractivity contribution is 0.610. The molecule has 1 aromatic heterocycles. The van der Waals surface area contributed by atoms with E-state index in [1.807, 2.05) is 19.2 Å². The van der Waals surface area contributed by atoms with Crippen molar-refractivity contribution in [2.24, 2.45) is 4.99 Å². The van der Waals surface area contributed by atoms with Gasteiger partial charge in [-0.15, -0.1) is 24.0 Å². The van der Waals surface area contributed by atoms with E-state index < -0.39 is 0 Å². The Labute approximate surface area is 185 Å². The van der Waals surface area contributed by atoms with Gasteiger partial charge in [-0.2, -0.15) is 5.26 Å². The Morgan fingerprint density at radius 1 is 1.14 bits per heavy atom. The fraction of sp³-hybridized carbons (Fsp3) is 0.238. The lowest BCUT2D eigenvalue weighted by atomic mass is 10.1. The highest BCUT2D eigenvalue weighted by molar-refractivity contribution is 14.0. The van der Waals surface area contributed by atoms with Gasteiger partial charge in [0.2, 0.25) is 0 Å². The number of nitrogens with zero attached hydrogens (tertiary/aromatic N) is 2. The molecule has 8 heteroatoms. The molecule has 0 aliphatic rings. The van der Waals surface area contributed by atoms with Crippen molar-refractivity contribution in [3.63, 3.8) is 0 Å². The van der Waals surface area contributed by atoms with Crippen molar-refractivity contribution in [2.45, 2.75) is 19.9 Å². The van der Waals surface area contributed by atoms with Crippen molar-refractivity contribution in [1.82, 2.24) is 15.6 Å². The monoisotopic (exact) mass is 509 g/mol. The van der Waals surface area contributed by atoms with Gasteiger partial charge in [0, 0.05) is 35.8 Å². The summed E-state index contributed by atoms with van der Waals surface area (Å²) in [5.74, 6) is -0.0898. The van der Waals surface area contributed by atoms with Crippen LogP contribution in [0, 0.1) is 23.0 Å². The van der Waals surface area contributed by atoms with Crippen LogP contribution in [-0.4, -0.2) is 24.0 Å². The van der Waals surface area contributed by atoms with E-state index in [2.05, 4.69) is 20.6 Å². The zero-order valence-electron chi connectivity index (χ0n) is 15.9. The number of hydrogen-bond donors (Lipinski definition) is 3. The quantitative estimate of drug-likeness (QED) is 0.265. The molecule has 1 heterocycles. The molecule has 0 aliphatic carbocycles. The molecular weight excluding hydrogens is 487 g/mol. The Balaban J connectivity index is 0.00000300. The lowest BCUT2D eigenvalue weighted by Crippen LogP contribution is -2.38. The summed E-state index contributed by atoms with van der Waals surface area (Å²) in [6.07, 6.45) is 2.59. The van der Waals surface area contributed by atoms with Gasteiger partial charge < -0.3 is 15.6 Å². The summed E-state index contributed by atoms with van der Waals surface area (Å²) >= 11 is 0. The maximum atomic E-state index is 13.9. The van der Waals surface area contributed by atoms with Gasteiger partial charge in [0.05, 0.1) is 18.2 Å². The van der Waals surface area contributed by atoms with E-state index in [9.17, 15) is 8.78 Å². The number of hydrogen-bond acceptors (Lipinski definition) is 2. The minimum atomic E-state index is -0.385. The number of aromatic nitrogens is 1. The zero-order valence-corrected chi connectivity index (χ0v) is 18.3. The fourth-order valence-corrected chi connectivity index (χ4v) is 2.95. The Hall–Kier alpha value is -2.67. The van der Waals surface area contributed by atoms with Gasteiger partial charge in [-0.25, -0.2) is 13.8 Å². The van der Waals surface area contributed by atoms with Crippen LogP contribution >= 0.6 is 24.0 Å². The summed E-state index contributed by atoms with van der Waals surface area (Å²) < 4.78 is 27.2. The van der Waals surface area contributed by atoms with Gasteiger partial charge in [-0.05, 0) is 55.3 Å². The first kappa shape index (κ1) is 22.6. The summed E-state index contributed by atoms with van der Waals surface area (Å²) in [5.41, 5.74) is 2.62. The molecule has 0 aliphatic heterocycles. The molecular formula is C21H22F2IN5. The maximum absolute atomic E-state index is 13.9. The molecule has 3 rings (SSSR count). The minimum Gasteiger partial charge on any atom is -0.361 e. The Morgan fingerprint density at radius 2 is 1.97 bits per heavy atom. The first-order chi connectivity index (χ1) is 13.6. The second-order valence-corrected chi connectivity index (χ2v) is 6.29. The van der Waals surface area contributed by atoms with Crippen LogP contribution in [0.5, 0.6) is 0 Å². The van der Waals surface area contributed by atoms with Crippen molar-refractivity contribution in [2.75, 3.05) is 13.1 Å². The largest absolute Gasteiger partial charge is 0.361 e. The summed E-state index contributed by atoms with van der Waals surface area (Å²) in [6, 6.07) is 10.9. The van der Waals surface area contributed by atoms with Crippen LogP contribution in [0.3, 0.4) is 0 Å². The standard InChI is InChI=1S/C21H21F2N5.HI/c1-2-25-21(28-13-16-9-14(11-24)3-6-19(16)23)26-8-7-15-12-27-20-10-17(22)4-5-18(15)20;/h3-6,9-10,12,27H,2,7-8,13H2,1H3,(H2,25,26,28);1H. The molecule has 0 spiro atoms. The van der Waals surface area contributed by atoms with Gasteiger partial charge in [0.1, 0.15) is 11.6 Å². The van der Waals surface area contributed by atoms with E-state index in [4.69, 9.17) is 5.26 Å². The molecule has 0 unspecified atom stereocenters. The Kier molecular flexibility index (Phi) is 8.39. The normalized spacial score (nSPS) is 11.0. The van der Waals surface area contributed by atoms with Gasteiger partial charge in [-0.3, -0.25) is 0 Å². The number of nitrogens with one attached hydrogen (secondary N) is 3. The number of fused-ring (bicyclic) bond motifs is 1. The SMILES string of the molecule is CCNC(=NCc1cc(C#N)ccc1F)NCCc1c[nH]c2cc(F)ccc12.I. The third kappa shape index (κ3) is 5.90. The van der Waals surface area contributed by atoms with E-state index in [-0.39, 0.29) is 42.2 Å². The van der Waals surface area contributed by atoms with E-state index in [1.54, 1.807) is 6.07 Å². The summed E-state index contributed by atoms with van der Waals surface area (Å²) in [7, 11) is 0. The van der Waals surface area contributed by atoms with Gasteiger partial charge in [-0.1, -0.05) is 0 Å². The molecule has 0 radical (unpaired) electrons. The predicted octanol–water partition coefficient (Wildman–Crippen LogP) is 4.23. The van der Waals surface area contributed by atoms with Crippen molar-refractivity contribution in [3.8, 4) is 6.07 Å². The smallest absolute Gasteiger partial charge is 0.191 e. The minimum absolute atomic E-state index is 0. The van der Waals surface area contributed by atoms with Crippen LogP contribution in [0.1, 0.15) is 23.6 Å². The summed E-state index contributed by atoms with van der Waals surface area (Å²) in [4.78, 5) is 7.47. The fourth-order valence-electron chi connectivity index (χ4n) is 2.95. The van der Waals surface area contributed by atoms with E-state index in [1.165, 1.54) is 30.3 Å². The van der Waals surface area contributed by atoms with E-state index in [0.717, 1.165) is 16.5 Å². The van der Waals surface area contributed by atoms with Crippen LogP contribution in [-0.2, 0) is 13.0 Å². The van der Waals surface area contributed by atoms with Crippen molar-refractivity contribution < 1.29 is 8.78 Å². The average molecular weight is 509 g/mol. The van der Waals surface area contributed by atoms with Crippen molar-refractivity contribution in [1.29, 1.82) is 5.26 Å². The number of guanidine groups is 1. The van der Waals surface area contributed by atoms with Gasteiger partial charge in [0.25, 0.3) is 0 Å². The summed E-state index contributed by atoms with van der Waals surface area (Å²) in [6.45, 7) is 3.35. The first-order valence-electron chi connectivity index (χ1n) is 9.07. The highest BCUT2D eigenvalue weighted by Crippen LogP contribution is 2.19. The third-order valence-corrected chi connectivity index (χ3v) is 4.34. The van der Waals surface area contributed by atoms with Gasteiger partial charge in [0.15, 0.2) is 5.96 Å². The van der Waals surface area contributed by atoms with Crippen LogP contribution in [0.2, 0.25) is 0 Å². The predicted molar refractivity (Wildman–Crippen MR) is 121 cm³/mol. The lowest BCUT2D eigenvalue weighted by Gasteiger charge is -2.11. The van der Waals surface area contributed by atoms with Crippen LogP contribution in [0.25, 0.3) is 10.9 Å². The molecule has 152 valence electrons. The molecule has 3 aromatic rings. The number of H-pyrrole nitrogens is 1. The molecule has 0 saturated heterocycles. The molecule has 0 amide bonds. The molecule has 0 bridgehead atoms. The number of halogens is 3. The molecule has 0 atom stereocenters. The van der Waals surface area contributed by atoms with Crippen LogP contribution in [0.15, 0.2) is 47.6 Å². The number of aromatic amines is 1. The molecule has 2 aromatic carbocycles. The molecule has 29 heavy (non-hydrogen) atoms. The van der Waals surface area contributed by atoms with Gasteiger partial charge >= 0.3 is 0 Å². The maximum Gasteiger partial charge on any atom is 0.191 e.